The molecule has 0 saturated heterocycles. The number of para-hydroxylation sites is 2. The number of hydrogen-bond acceptors (Lipinski definition) is 5. The van der Waals surface area contributed by atoms with E-state index >= 15 is 0 Å². The molecular formula is C24H25N3O5S. The summed E-state index contributed by atoms with van der Waals surface area (Å²) in [5.41, 5.74) is 7.50. The summed E-state index contributed by atoms with van der Waals surface area (Å²) in [4.78, 5) is 24.2. The molecule has 0 fully saturated rings. The lowest BCUT2D eigenvalue weighted by molar-refractivity contribution is -0.114. The van der Waals surface area contributed by atoms with E-state index in [1.54, 1.807) is 50.2 Å². The van der Waals surface area contributed by atoms with Crippen LogP contribution in [-0.4, -0.2) is 33.9 Å². The van der Waals surface area contributed by atoms with Crippen molar-refractivity contribution in [3.05, 3.63) is 83.4 Å². The van der Waals surface area contributed by atoms with Crippen LogP contribution in [0.4, 0.5) is 11.4 Å². The van der Waals surface area contributed by atoms with Gasteiger partial charge in [0, 0.05) is 11.3 Å². The molecule has 2 amide bonds. The molecule has 0 radical (unpaired) electrons. The number of amides is 2. The Labute approximate surface area is 193 Å². The highest BCUT2D eigenvalue weighted by Gasteiger charge is 2.30. The summed E-state index contributed by atoms with van der Waals surface area (Å²) in [6, 6.07) is 17.7. The third kappa shape index (κ3) is 5.32. The number of carbonyl (C=O) groups excluding carboxylic acids is 2. The Bertz CT molecular complexity index is 1290. The predicted octanol–water partition coefficient (Wildman–Crippen LogP) is 3.24. The van der Waals surface area contributed by atoms with Gasteiger partial charge in [-0.2, -0.15) is 0 Å². The Balaban J connectivity index is 2.00. The van der Waals surface area contributed by atoms with Crippen LogP contribution >= 0.6 is 0 Å². The monoisotopic (exact) mass is 467 g/mol. The van der Waals surface area contributed by atoms with Crippen LogP contribution < -0.4 is 20.1 Å². The number of aryl methyl sites for hydroxylation is 2. The zero-order valence-corrected chi connectivity index (χ0v) is 19.3. The number of nitrogens with one attached hydrogen (secondary N) is 1. The van der Waals surface area contributed by atoms with Gasteiger partial charge < -0.3 is 15.8 Å². The SMILES string of the molecule is COc1ccccc1N(CC(=O)Nc1ccc(C(N)=O)cc1)S(=O)(=O)c1cc(C)ccc1C. The molecule has 33 heavy (non-hydrogen) atoms. The molecule has 3 aromatic carbocycles. The molecule has 0 aliphatic rings. The number of nitrogens with zero attached hydrogens (tertiary/aromatic N) is 1. The summed E-state index contributed by atoms with van der Waals surface area (Å²) in [6.07, 6.45) is 0. The molecular weight excluding hydrogens is 442 g/mol. The van der Waals surface area contributed by atoms with Crippen molar-refractivity contribution in [3.8, 4) is 5.75 Å². The molecule has 3 rings (SSSR count). The molecule has 0 atom stereocenters. The van der Waals surface area contributed by atoms with E-state index in [4.69, 9.17) is 10.5 Å². The maximum atomic E-state index is 13.7. The zero-order valence-electron chi connectivity index (χ0n) is 18.5. The molecule has 0 bridgehead atoms. The van der Waals surface area contributed by atoms with E-state index in [-0.39, 0.29) is 10.6 Å². The van der Waals surface area contributed by atoms with Gasteiger partial charge in [-0.25, -0.2) is 8.42 Å². The van der Waals surface area contributed by atoms with Crippen molar-refractivity contribution in [1.82, 2.24) is 0 Å². The van der Waals surface area contributed by atoms with E-state index in [0.717, 1.165) is 9.87 Å². The van der Waals surface area contributed by atoms with Crippen molar-refractivity contribution in [3.63, 3.8) is 0 Å². The number of methoxy groups -OCH3 is 1. The van der Waals surface area contributed by atoms with Crippen LogP contribution in [0.15, 0.2) is 71.6 Å². The molecule has 0 spiro atoms. The van der Waals surface area contributed by atoms with E-state index in [1.165, 1.54) is 31.4 Å². The standard InChI is InChI=1S/C24H25N3O5S/c1-16-8-9-17(2)22(14-16)33(30,31)27(20-6-4-5-7-21(20)32-3)15-23(28)26-19-12-10-18(11-13-19)24(25)29/h4-14H,15H2,1-3H3,(H2,25,29)(H,26,28). The molecule has 0 heterocycles. The van der Waals surface area contributed by atoms with Gasteiger partial charge in [-0.15, -0.1) is 0 Å². The van der Waals surface area contributed by atoms with Crippen LogP contribution in [0, 0.1) is 13.8 Å². The first-order chi connectivity index (χ1) is 15.6. The Morgan fingerprint density at radius 1 is 1.00 bits per heavy atom. The van der Waals surface area contributed by atoms with Crippen LogP contribution in [0.2, 0.25) is 0 Å². The lowest BCUT2D eigenvalue weighted by atomic mass is 10.2. The molecule has 0 aliphatic carbocycles. The van der Waals surface area contributed by atoms with Crippen LogP contribution in [-0.2, 0) is 14.8 Å². The zero-order chi connectivity index (χ0) is 24.2. The van der Waals surface area contributed by atoms with Crippen molar-refractivity contribution in [2.75, 3.05) is 23.3 Å². The maximum absolute atomic E-state index is 13.7. The van der Waals surface area contributed by atoms with E-state index in [0.29, 0.717) is 22.6 Å². The number of primary amides is 1. The summed E-state index contributed by atoms with van der Waals surface area (Å²) >= 11 is 0. The largest absolute Gasteiger partial charge is 0.495 e. The van der Waals surface area contributed by atoms with Crippen molar-refractivity contribution in [2.24, 2.45) is 5.73 Å². The normalized spacial score (nSPS) is 11.0. The summed E-state index contributed by atoms with van der Waals surface area (Å²) in [5, 5.41) is 2.66. The highest BCUT2D eigenvalue weighted by Crippen LogP contribution is 2.33. The highest BCUT2D eigenvalue weighted by atomic mass is 32.2. The van der Waals surface area contributed by atoms with Crippen LogP contribution in [0.25, 0.3) is 0 Å². The second-order valence-corrected chi connectivity index (χ2v) is 9.27. The van der Waals surface area contributed by atoms with Gasteiger partial charge in [0.2, 0.25) is 11.8 Å². The number of rotatable bonds is 8. The molecule has 9 heteroatoms. The first-order valence-electron chi connectivity index (χ1n) is 10.1. The topological polar surface area (TPSA) is 119 Å². The van der Waals surface area contributed by atoms with Gasteiger partial charge in [-0.3, -0.25) is 13.9 Å². The fourth-order valence-electron chi connectivity index (χ4n) is 3.29. The van der Waals surface area contributed by atoms with Gasteiger partial charge in [-0.1, -0.05) is 24.3 Å². The highest BCUT2D eigenvalue weighted by molar-refractivity contribution is 7.93. The number of benzene rings is 3. The quantitative estimate of drug-likeness (QED) is 0.527. The van der Waals surface area contributed by atoms with Crippen molar-refractivity contribution in [1.29, 1.82) is 0 Å². The number of anilines is 2. The molecule has 3 N–H and O–H groups in total. The lowest BCUT2D eigenvalue weighted by Gasteiger charge is -2.26. The Morgan fingerprint density at radius 3 is 2.30 bits per heavy atom. The van der Waals surface area contributed by atoms with Gasteiger partial charge in [0.05, 0.1) is 17.7 Å². The number of carbonyl (C=O) groups is 2. The Morgan fingerprint density at radius 2 is 1.67 bits per heavy atom. The fraction of sp³-hybridized carbons (Fsp3) is 0.167. The fourth-order valence-corrected chi connectivity index (χ4v) is 5.03. The van der Waals surface area contributed by atoms with Gasteiger partial charge >= 0.3 is 0 Å². The molecule has 0 aromatic heterocycles. The van der Waals surface area contributed by atoms with Gasteiger partial charge in [0.1, 0.15) is 12.3 Å². The number of nitrogens with two attached hydrogens (primary N) is 1. The average molecular weight is 468 g/mol. The second kappa shape index (κ2) is 9.74. The number of ether oxygens (including phenoxy) is 1. The van der Waals surface area contributed by atoms with Crippen LogP contribution in [0.5, 0.6) is 5.75 Å². The summed E-state index contributed by atoms with van der Waals surface area (Å²) in [6.45, 7) is 3.01. The Hall–Kier alpha value is -3.85. The lowest BCUT2D eigenvalue weighted by Crippen LogP contribution is -2.38. The molecule has 0 aliphatic heterocycles. The van der Waals surface area contributed by atoms with Gasteiger partial charge in [0.15, 0.2) is 0 Å². The van der Waals surface area contributed by atoms with E-state index in [1.807, 2.05) is 6.07 Å². The minimum atomic E-state index is -4.11. The van der Waals surface area contributed by atoms with Crippen molar-refractivity contribution in [2.45, 2.75) is 18.7 Å². The van der Waals surface area contributed by atoms with E-state index < -0.39 is 28.4 Å². The smallest absolute Gasteiger partial charge is 0.265 e. The molecule has 0 unspecified atom stereocenters. The molecule has 0 saturated carbocycles. The summed E-state index contributed by atoms with van der Waals surface area (Å²) in [5.74, 6) is -0.846. The minimum absolute atomic E-state index is 0.104. The van der Waals surface area contributed by atoms with E-state index in [9.17, 15) is 18.0 Å². The van der Waals surface area contributed by atoms with Crippen molar-refractivity contribution < 1.29 is 22.7 Å². The molecule has 172 valence electrons. The molecule has 8 nitrogen and oxygen atoms in total. The summed E-state index contributed by atoms with van der Waals surface area (Å²) in [7, 11) is -2.68. The Kier molecular flexibility index (Phi) is 7.03. The van der Waals surface area contributed by atoms with Gasteiger partial charge in [0.25, 0.3) is 10.0 Å². The second-order valence-electron chi connectivity index (χ2n) is 7.44. The van der Waals surface area contributed by atoms with Crippen molar-refractivity contribution >= 4 is 33.2 Å². The number of hydrogen-bond donors (Lipinski definition) is 2. The maximum Gasteiger partial charge on any atom is 0.265 e. The average Bonchev–Trinajstić information content (AvgIpc) is 2.79. The summed E-state index contributed by atoms with van der Waals surface area (Å²) < 4.78 is 33.8. The third-order valence-electron chi connectivity index (χ3n) is 5.01. The predicted molar refractivity (Wildman–Crippen MR) is 127 cm³/mol. The molecule has 3 aromatic rings. The van der Waals surface area contributed by atoms with Crippen LogP contribution in [0.3, 0.4) is 0 Å². The minimum Gasteiger partial charge on any atom is -0.495 e. The van der Waals surface area contributed by atoms with Gasteiger partial charge in [-0.05, 0) is 67.4 Å². The van der Waals surface area contributed by atoms with E-state index in [2.05, 4.69) is 5.32 Å². The van der Waals surface area contributed by atoms with Crippen LogP contribution in [0.1, 0.15) is 21.5 Å². The first kappa shape index (κ1) is 23.8. The third-order valence-corrected chi connectivity index (χ3v) is 6.91. The first-order valence-corrected chi connectivity index (χ1v) is 11.5. The number of sulfonamides is 1.